The van der Waals surface area contributed by atoms with Gasteiger partial charge in [0.05, 0.1) is 4.90 Å². The number of nitrogens with zero attached hydrogens (tertiary/aromatic N) is 4. The Labute approximate surface area is 185 Å². The van der Waals surface area contributed by atoms with Gasteiger partial charge in [0.15, 0.2) is 0 Å². The molecule has 1 saturated heterocycles. The standard InChI is InChI=1S/C21H20N6O4S/c28-19(15-26-13-14-27(21(26)29)17-5-2-1-3-6-17)24-16-7-9-18(10-8-16)32(30,31)25-20-22-11-4-12-23-20/h1-12H,13-15H2,(H,24,28)(H,22,23,25). The van der Waals surface area contributed by atoms with E-state index in [1.54, 1.807) is 11.0 Å². The average Bonchev–Trinajstić information content (AvgIpc) is 3.15. The fraction of sp³-hybridized carbons (Fsp3) is 0.143. The van der Waals surface area contributed by atoms with Crippen LogP contribution in [0.15, 0.2) is 78.0 Å². The number of aromatic nitrogens is 2. The fourth-order valence-corrected chi connectivity index (χ4v) is 4.16. The Morgan fingerprint density at radius 1 is 0.938 bits per heavy atom. The number of benzene rings is 2. The third-order valence-corrected chi connectivity index (χ3v) is 6.08. The molecule has 164 valence electrons. The zero-order valence-corrected chi connectivity index (χ0v) is 17.7. The Morgan fingerprint density at radius 3 is 2.31 bits per heavy atom. The number of rotatable bonds is 7. The van der Waals surface area contributed by atoms with Gasteiger partial charge < -0.3 is 10.2 Å². The van der Waals surface area contributed by atoms with Gasteiger partial charge in [-0.3, -0.25) is 9.69 Å². The SMILES string of the molecule is O=C(CN1CCN(c2ccccc2)C1=O)Nc1ccc(S(=O)(=O)Nc2ncccn2)cc1. The molecule has 2 aromatic carbocycles. The lowest BCUT2D eigenvalue weighted by molar-refractivity contribution is -0.116. The first-order valence-corrected chi connectivity index (χ1v) is 11.2. The first kappa shape index (κ1) is 21.2. The van der Waals surface area contributed by atoms with Crippen LogP contribution in [0.4, 0.5) is 22.1 Å². The Balaban J connectivity index is 1.35. The maximum atomic E-state index is 12.6. The third kappa shape index (κ3) is 4.83. The van der Waals surface area contributed by atoms with Gasteiger partial charge in [0.2, 0.25) is 11.9 Å². The number of anilines is 3. The summed E-state index contributed by atoms with van der Waals surface area (Å²) in [6.45, 7) is 0.835. The molecule has 1 fully saturated rings. The van der Waals surface area contributed by atoms with Gasteiger partial charge in [0.1, 0.15) is 6.54 Å². The molecule has 0 bridgehead atoms. The van der Waals surface area contributed by atoms with Gasteiger partial charge in [-0.15, -0.1) is 0 Å². The van der Waals surface area contributed by atoms with Crippen LogP contribution in [0.1, 0.15) is 0 Å². The van der Waals surface area contributed by atoms with E-state index >= 15 is 0 Å². The van der Waals surface area contributed by atoms with Crippen molar-refractivity contribution in [2.24, 2.45) is 0 Å². The molecule has 0 aliphatic carbocycles. The van der Waals surface area contributed by atoms with Crippen LogP contribution in [-0.4, -0.2) is 54.9 Å². The summed E-state index contributed by atoms with van der Waals surface area (Å²) in [5, 5.41) is 2.68. The van der Waals surface area contributed by atoms with Crippen molar-refractivity contribution in [1.29, 1.82) is 0 Å². The molecule has 0 spiro atoms. The molecule has 32 heavy (non-hydrogen) atoms. The molecule has 3 aromatic rings. The molecule has 1 aromatic heterocycles. The first-order valence-electron chi connectivity index (χ1n) is 9.74. The lowest BCUT2D eigenvalue weighted by Gasteiger charge is -2.18. The molecule has 2 N–H and O–H groups in total. The number of urea groups is 1. The minimum absolute atomic E-state index is 0.00354. The van der Waals surface area contributed by atoms with Crippen LogP contribution < -0.4 is 14.9 Å². The molecular formula is C21H20N6O4S. The smallest absolute Gasteiger partial charge is 0.325 e. The third-order valence-electron chi connectivity index (χ3n) is 4.74. The van der Waals surface area contributed by atoms with E-state index in [1.165, 1.54) is 41.6 Å². The topological polar surface area (TPSA) is 125 Å². The normalized spacial score (nSPS) is 13.8. The lowest BCUT2D eigenvalue weighted by Crippen LogP contribution is -2.37. The van der Waals surface area contributed by atoms with E-state index in [1.807, 2.05) is 30.3 Å². The van der Waals surface area contributed by atoms with Crippen LogP contribution in [0.2, 0.25) is 0 Å². The zero-order chi connectivity index (χ0) is 22.6. The molecule has 11 heteroatoms. The van der Waals surface area contributed by atoms with E-state index in [-0.39, 0.29) is 29.3 Å². The summed E-state index contributed by atoms with van der Waals surface area (Å²) in [6, 6.07) is 16.3. The number of carbonyl (C=O) groups is 2. The first-order chi connectivity index (χ1) is 15.4. The number of nitrogens with one attached hydrogen (secondary N) is 2. The second-order valence-electron chi connectivity index (χ2n) is 6.94. The van der Waals surface area contributed by atoms with Crippen molar-refractivity contribution in [3.8, 4) is 0 Å². The monoisotopic (exact) mass is 452 g/mol. The van der Waals surface area contributed by atoms with E-state index < -0.39 is 10.0 Å². The Bertz CT molecular complexity index is 1200. The van der Waals surface area contributed by atoms with E-state index in [9.17, 15) is 18.0 Å². The van der Waals surface area contributed by atoms with Crippen molar-refractivity contribution in [1.82, 2.24) is 14.9 Å². The largest absolute Gasteiger partial charge is 0.325 e. The van der Waals surface area contributed by atoms with Crippen molar-refractivity contribution in [3.63, 3.8) is 0 Å². The zero-order valence-electron chi connectivity index (χ0n) is 16.9. The lowest BCUT2D eigenvalue weighted by atomic mass is 10.3. The van der Waals surface area contributed by atoms with Crippen LogP contribution in [0, 0.1) is 0 Å². The van der Waals surface area contributed by atoms with Gasteiger partial charge in [0, 0.05) is 36.9 Å². The minimum Gasteiger partial charge on any atom is -0.325 e. The molecule has 0 unspecified atom stereocenters. The van der Waals surface area contributed by atoms with Crippen molar-refractivity contribution >= 4 is 39.3 Å². The average molecular weight is 452 g/mol. The Morgan fingerprint density at radius 2 is 1.62 bits per heavy atom. The number of sulfonamides is 1. The van der Waals surface area contributed by atoms with Crippen LogP contribution >= 0.6 is 0 Å². The van der Waals surface area contributed by atoms with Crippen LogP contribution in [0.5, 0.6) is 0 Å². The highest BCUT2D eigenvalue weighted by Crippen LogP contribution is 2.20. The van der Waals surface area contributed by atoms with Gasteiger partial charge in [-0.25, -0.2) is 27.9 Å². The van der Waals surface area contributed by atoms with Gasteiger partial charge in [-0.1, -0.05) is 18.2 Å². The Hall–Kier alpha value is -3.99. The Kier molecular flexibility index (Phi) is 5.99. The van der Waals surface area contributed by atoms with E-state index in [0.717, 1.165) is 5.69 Å². The van der Waals surface area contributed by atoms with Crippen LogP contribution in [0.3, 0.4) is 0 Å². The van der Waals surface area contributed by atoms with Crippen molar-refractivity contribution in [3.05, 3.63) is 73.1 Å². The summed E-state index contributed by atoms with van der Waals surface area (Å²) >= 11 is 0. The summed E-state index contributed by atoms with van der Waals surface area (Å²) in [7, 11) is -3.86. The fourth-order valence-electron chi connectivity index (χ4n) is 3.20. The molecular weight excluding hydrogens is 432 g/mol. The summed E-state index contributed by atoms with van der Waals surface area (Å²) in [5.74, 6) is -0.413. The van der Waals surface area contributed by atoms with Crippen molar-refractivity contribution in [2.75, 3.05) is 34.6 Å². The van der Waals surface area contributed by atoms with Gasteiger partial charge in [-0.05, 0) is 42.5 Å². The molecule has 10 nitrogen and oxygen atoms in total. The van der Waals surface area contributed by atoms with Gasteiger partial charge in [-0.2, -0.15) is 0 Å². The summed E-state index contributed by atoms with van der Waals surface area (Å²) < 4.78 is 27.1. The summed E-state index contributed by atoms with van der Waals surface area (Å²) in [4.78, 5) is 35.7. The van der Waals surface area contributed by atoms with Crippen LogP contribution in [-0.2, 0) is 14.8 Å². The summed E-state index contributed by atoms with van der Waals surface area (Å²) in [5.41, 5.74) is 1.20. The molecule has 3 amide bonds. The second-order valence-corrected chi connectivity index (χ2v) is 8.62. The molecule has 0 atom stereocenters. The number of para-hydroxylation sites is 1. The molecule has 2 heterocycles. The van der Waals surface area contributed by atoms with Gasteiger partial charge >= 0.3 is 6.03 Å². The van der Waals surface area contributed by atoms with Crippen LogP contribution in [0.25, 0.3) is 0 Å². The molecule has 0 saturated carbocycles. The highest BCUT2D eigenvalue weighted by Gasteiger charge is 2.30. The predicted molar refractivity (Wildman–Crippen MR) is 119 cm³/mol. The predicted octanol–water partition coefficient (Wildman–Crippen LogP) is 2.16. The molecule has 0 radical (unpaired) electrons. The van der Waals surface area contributed by atoms with Crippen molar-refractivity contribution < 1.29 is 18.0 Å². The highest BCUT2D eigenvalue weighted by molar-refractivity contribution is 7.92. The summed E-state index contributed by atoms with van der Waals surface area (Å²) in [6.07, 6.45) is 2.85. The van der Waals surface area contributed by atoms with Gasteiger partial charge in [0.25, 0.3) is 10.0 Å². The minimum atomic E-state index is -3.86. The van der Waals surface area contributed by atoms with E-state index in [2.05, 4.69) is 20.0 Å². The molecule has 1 aliphatic heterocycles. The van der Waals surface area contributed by atoms with E-state index in [0.29, 0.717) is 18.8 Å². The molecule has 1 aliphatic rings. The maximum absolute atomic E-state index is 12.6. The highest BCUT2D eigenvalue weighted by atomic mass is 32.2. The van der Waals surface area contributed by atoms with E-state index in [4.69, 9.17) is 0 Å². The second kappa shape index (κ2) is 9.02. The number of hydrogen-bond acceptors (Lipinski definition) is 6. The molecule has 4 rings (SSSR count). The number of amides is 3. The maximum Gasteiger partial charge on any atom is 0.325 e. The quantitative estimate of drug-likeness (QED) is 0.566. The van der Waals surface area contributed by atoms with Crippen molar-refractivity contribution in [2.45, 2.75) is 4.90 Å². The number of hydrogen-bond donors (Lipinski definition) is 2. The number of carbonyl (C=O) groups excluding carboxylic acids is 2.